The van der Waals surface area contributed by atoms with Crippen molar-refractivity contribution in [1.82, 2.24) is 30.0 Å². The molecular weight excluding hydrogens is 398 g/mol. The van der Waals surface area contributed by atoms with Gasteiger partial charge < -0.3 is 10.2 Å². The molecule has 1 aliphatic rings. The summed E-state index contributed by atoms with van der Waals surface area (Å²) in [6.45, 7) is 1.71. The summed E-state index contributed by atoms with van der Waals surface area (Å²) in [5.74, 6) is 1.49. The molecule has 1 aromatic carbocycles. The molecule has 0 saturated carbocycles. The Bertz CT molecular complexity index is 1140. The highest BCUT2D eigenvalue weighted by atomic mass is 32.1. The number of anilines is 1. The van der Waals surface area contributed by atoms with Crippen molar-refractivity contribution >= 4 is 23.1 Å². The highest BCUT2D eigenvalue weighted by molar-refractivity contribution is 7.13. The quantitative estimate of drug-likeness (QED) is 0.519. The fourth-order valence-corrected chi connectivity index (χ4v) is 4.12. The van der Waals surface area contributed by atoms with E-state index < -0.39 is 0 Å². The Balaban J connectivity index is 1.14. The third kappa shape index (κ3) is 3.79. The summed E-state index contributed by atoms with van der Waals surface area (Å²) in [5.41, 5.74) is 1.97. The first-order valence-corrected chi connectivity index (χ1v) is 10.5. The van der Waals surface area contributed by atoms with Crippen LogP contribution in [0.25, 0.3) is 16.4 Å². The zero-order valence-corrected chi connectivity index (χ0v) is 16.9. The molecule has 0 bridgehead atoms. The number of thiazole rings is 1. The van der Waals surface area contributed by atoms with Crippen LogP contribution in [-0.4, -0.2) is 43.7 Å². The predicted molar refractivity (Wildman–Crippen MR) is 114 cm³/mol. The fourth-order valence-electron chi connectivity index (χ4n) is 3.29. The monoisotopic (exact) mass is 417 g/mol. The summed E-state index contributed by atoms with van der Waals surface area (Å²) in [6, 6.07) is 13.8. The van der Waals surface area contributed by atoms with Gasteiger partial charge in [-0.1, -0.05) is 30.3 Å². The second kappa shape index (κ2) is 8.03. The molecule has 1 aliphatic heterocycles. The van der Waals surface area contributed by atoms with Crippen LogP contribution in [0.4, 0.5) is 5.82 Å². The molecule has 0 atom stereocenters. The van der Waals surface area contributed by atoms with E-state index in [1.165, 1.54) is 6.33 Å². The first kappa shape index (κ1) is 18.4. The van der Waals surface area contributed by atoms with Crippen LogP contribution in [0.15, 0.2) is 66.6 Å². The summed E-state index contributed by atoms with van der Waals surface area (Å²) in [6.07, 6.45) is 5.06. The second-order valence-electron chi connectivity index (χ2n) is 7.01. The largest absolute Gasteiger partial charge is 0.355 e. The van der Waals surface area contributed by atoms with E-state index in [4.69, 9.17) is 0 Å². The van der Waals surface area contributed by atoms with Crippen LogP contribution in [0, 0.1) is 5.92 Å². The lowest BCUT2D eigenvalue weighted by molar-refractivity contribution is -0.125. The van der Waals surface area contributed by atoms with E-state index in [2.05, 4.69) is 30.3 Å². The minimum atomic E-state index is -0.0552. The van der Waals surface area contributed by atoms with Crippen LogP contribution < -0.4 is 10.2 Å². The molecule has 4 aromatic rings. The maximum Gasteiger partial charge on any atom is 0.227 e. The van der Waals surface area contributed by atoms with E-state index in [1.807, 2.05) is 54.0 Å². The maximum absolute atomic E-state index is 12.5. The van der Waals surface area contributed by atoms with E-state index in [1.54, 1.807) is 22.2 Å². The molecule has 1 saturated heterocycles. The predicted octanol–water partition coefficient (Wildman–Crippen LogP) is 2.54. The fraction of sp³-hybridized carbons (Fsp3) is 0.190. The molecule has 1 amide bonds. The Kier molecular flexibility index (Phi) is 4.94. The lowest BCUT2D eigenvalue weighted by Crippen LogP contribution is -2.54. The minimum absolute atomic E-state index is 0.0434. The van der Waals surface area contributed by atoms with Gasteiger partial charge in [0, 0.05) is 42.5 Å². The average molecular weight is 417 g/mol. The minimum Gasteiger partial charge on any atom is -0.355 e. The first-order chi connectivity index (χ1) is 14.8. The van der Waals surface area contributed by atoms with Gasteiger partial charge in [0.05, 0.1) is 18.2 Å². The van der Waals surface area contributed by atoms with Gasteiger partial charge in [-0.2, -0.15) is 5.10 Å². The molecule has 3 aromatic heterocycles. The summed E-state index contributed by atoms with van der Waals surface area (Å²) < 4.78 is 1.69. The summed E-state index contributed by atoms with van der Waals surface area (Å²) in [4.78, 5) is 27.7. The molecule has 4 heterocycles. The highest BCUT2D eigenvalue weighted by Gasteiger charge is 2.33. The first-order valence-electron chi connectivity index (χ1n) is 9.61. The van der Waals surface area contributed by atoms with E-state index in [-0.39, 0.29) is 11.8 Å². The highest BCUT2D eigenvalue weighted by Crippen LogP contribution is 2.25. The topological polar surface area (TPSA) is 88.8 Å². The van der Waals surface area contributed by atoms with E-state index in [9.17, 15) is 4.79 Å². The van der Waals surface area contributed by atoms with Gasteiger partial charge in [0.2, 0.25) is 5.91 Å². The normalized spacial score (nSPS) is 13.8. The van der Waals surface area contributed by atoms with E-state index >= 15 is 0 Å². The van der Waals surface area contributed by atoms with Gasteiger partial charge in [0.15, 0.2) is 5.82 Å². The molecule has 30 heavy (non-hydrogen) atoms. The summed E-state index contributed by atoms with van der Waals surface area (Å²) >= 11 is 1.59. The lowest BCUT2D eigenvalue weighted by Gasteiger charge is -2.39. The van der Waals surface area contributed by atoms with Crippen LogP contribution in [0.2, 0.25) is 0 Å². The number of benzene rings is 1. The van der Waals surface area contributed by atoms with Gasteiger partial charge in [0.25, 0.3) is 0 Å². The SMILES string of the molecule is O=C(NCc1csc(-c2ccccc2)n1)C1CN(c2cc(-n3cccn3)ncn2)C1. The van der Waals surface area contributed by atoms with Gasteiger partial charge in [-0.05, 0) is 6.07 Å². The van der Waals surface area contributed by atoms with Crippen molar-refractivity contribution in [1.29, 1.82) is 0 Å². The number of nitrogens with zero attached hydrogens (tertiary/aromatic N) is 6. The Morgan fingerprint density at radius 1 is 1.13 bits per heavy atom. The molecule has 0 aliphatic carbocycles. The summed E-state index contributed by atoms with van der Waals surface area (Å²) in [7, 11) is 0. The molecule has 0 spiro atoms. The third-order valence-corrected chi connectivity index (χ3v) is 5.91. The van der Waals surface area contributed by atoms with Crippen LogP contribution in [-0.2, 0) is 11.3 Å². The zero-order chi connectivity index (χ0) is 20.3. The van der Waals surface area contributed by atoms with E-state index in [0.717, 1.165) is 22.1 Å². The number of carbonyl (C=O) groups is 1. The average Bonchev–Trinajstić information content (AvgIpc) is 3.44. The van der Waals surface area contributed by atoms with Crippen molar-refractivity contribution in [3.8, 4) is 16.4 Å². The van der Waals surface area contributed by atoms with Crippen LogP contribution in [0.5, 0.6) is 0 Å². The molecule has 5 rings (SSSR count). The molecule has 0 radical (unpaired) electrons. The molecule has 8 nitrogen and oxygen atoms in total. The Hall–Kier alpha value is -3.59. The number of carbonyl (C=O) groups excluding carboxylic acids is 1. The molecular formula is C21H19N7OS. The van der Waals surface area contributed by atoms with Crippen molar-refractivity contribution in [2.75, 3.05) is 18.0 Å². The smallest absolute Gasteiger partial charge is 0.227 e. The number of nitrogens with one attached hydrogen (secondary N) is 1. The third-order valence-electron chi connectivity index (χ3n) is 4.97. The molecule has 0 unspecified atom stereocenters. The van der Waals surface area contributed by atoms with Crippen molar-refractivity contribution < 1.29 is 4.79 Å². The maximum atomic E-state index is 12.5. The Labute approximate surface area is 177 Å². The van der Waals surface area contributed by atoms with Crippen LogP contribution >= 0.6 is 11.3 Å². The number of aromatic nitrogens is 5. The van der Waals surface area contributed by atoms with Gasteiger partial charge in [-0.25, -0.2) is 19.6 Å². The number of hydrogen-bond donors (Lipinski definition) is 1. The van der Waals surface area contributed by atoms with Crippen LogP contribution in [0.1, 0.15) is 5.69 Å². The van der Waals surface area contributed by atoms with E-state index in [0.29, 0.717) is 25.5 Å². The number of hydrogen-bond acceptors (Lipinski definition) is 7. The van der Waals surface area contributed by atoms with Crippen molar-refractivity contribution in [2.45, 2.75) is 6.54 Å². The van der Waals surface area contributed by atoms with Gasteiger partial charge in [0.1, 0.15) is 17.2 Å². The van der Waals surface area contributed by atoms with Gasteiger partial charge in [-0.15, -0.1) is 11.3 Å². The van der Waals surface area contributed by atoms with Crippen molar-refractivity contribution in [3.05, 3.63) is 72.3 Å². The summed E-state index contributed by atoms with van der Waals surface area (Å²) in [5, 5.41) is 10.1. The standard InChI is InChI=1S/C21H19N7OS/c29-20(22-10-17-13-30-21(26-17)15-5-2-1-3-6-15)16-11-27(12-16)18-9-19(24-14-23-18)28-8-4-7-25-28/h1-9,13-14,16H,10-12H2,(H,22,29). The number of rotatable bonds is 6. The van der Waals surface area contributed by atoms with Crippen molar-refractivity contribution in [3.63, 3.8) is 0 Å². The lowest BCUT2D eigenvalue weighted by atomic mass is 9.99. The molecule has 9 heteroatoms. The van der Waals surface area contributed by atoms with Crippen molar-refractivity contribution in [2.24, 2.45) is 5.92 Å². The Morgan fingerprint density at radius 2 is 1.97 bits per heavy atom. The molecule has 1 fully saturated rings. The Morgan fingerprint density at radius 3 is 2.77 bits per heavy atom. The van der Waals surface area contributed by atoms with Gasteiger partial charge >= 0.3 is 0 Å². The zero-order valence-electron chi connectivity index (χ0n) is 16.0. The van der Waals surface area contributed by atoms with Gasteiger partial charge in [-0.3, -0.25) is 4.79 Å². The second-order valence-corrected chi connectivity index (χ2v) is 7.87. The molecule has 150 valence electrons. The van der Waals surface area contributed by atoms with Crippen LogP contribution in [0.3, 0.4) is 0 Å². The molecule has 1 N–H and O–H groups in total. The number of amides is 1.